The molecular weight excluding hydrogens is 371 g/mol. The van der Waals surface area contributed by atoms with E-state index in [0.717, 1.165) is 10.7 Å². The number of carbonyl (C=O) groups excluding carboxylic acids is 1. The maximum Gasteiger partial charge on any atom is 0.435 e. The van der Waals surface area contributed by atoms with Gasteiger partial charge in [-0.05, 0) is 13.0 Å². The van der Waals surface area contributed by atoms with Crippen LogP contribution in [0.25, 0.3) is 0 Å². The van der Waals surface area contributed by atoms with Crippen LogP contribution in [0.2, 0.25) is 0 Å². The molecule has 1 amide bonds. The molecule has 2 aromatic rings. The Morgan fingerprint density at radius 3 is 2.15 bits per heavy atom. The van der Waals surface area contributed by atoms with Crippen LogP contribution >= 0.6 is 0 Å². The summed E-state index contributed by atoms with van der Waals surface area (Å²) >= 11 is 0. The van der Waals surface area contributed by atoms with E-state index in [2.05, 4.69) is 5.10 Å². The van der Waals surface area contributed by atoms with Gasteiger partial charge in [-0.3, -0.25) is 9.48 Å². The standard InChI is InChI=1S/C15H12F7N3O/c1-6(5-25-7(2)3-10(24-25)15(20,21)22)14(26)23-13-11(18)8(16)4-9(17)12(13)19/h3-4,6H,5H2,1-2H3,(H,23,26). The molecule has 0 bridgehead atoms. The van der Waals surface area contributed by atoms with Crippen LogP contribution in [-0.2, 0) is 17.5 Å². The zero-order valence-electron chi connectivity index (χ0n) is 13.4. The molecule has 0 spiro atoms. The van der Waals surface area contributed by atoms with E-state index in [1.807, 2.05) is 0 Å². The van der Waals surface area contributed by atoms with E-state index >= 15 is 0 Å². The first-order valence-corrected chi connectivity index (χ1v) is 7.17. The lowest BCUT2D eigenvalue weighted by Crippen LogP contribution is -2.26. The molecule has 2 rings (SSSR count). The number of amides is 1. The Kier molecular flexibility index (Phi) is 5.28. The zero-order valence-corrected chi connectivity index (χ0v) is 13.4. The van der Waals surface area contributed by atoms with Crippen molar-refractivity contribution in [3.8, 4) is 0 Å². The van der Waals surface area contributed by atoms with Crippen LogP contribution in [-0.4, -0.2) is 15.7 Å². The highest BCUT2D eigenvalue weighted by Gasteiger charge is 2.34. The van der Waals surface area contributed by atoms with E-state index in [-0.39, 0.29) is 18.3 Å². The summed E-state index contributed by atoms with van der Waals surface area (Å²) in [6, 6.07) is 0.751. The van der Waals surface area contributed by atoms with Crippen molar-refractivity contribution in [1.29, 1.82) is 0 Å². The van der Waals surface area contributed by atoms with Crippen molar-refractivity contribution in [3.05, 3.63) is 46.8 Å². The second kappa shape index (κ2) is 6.96. The summed E-state index contributed by atoms with van der Waals surface area (Å²) in [6.45, 7) is 2.22. The highest BCUT2D eigenvalue weighted by Crippen LogP contribution is 2.29. The van der Waals surface area contributed by atoms with Crippen molar-refractivity contribution < 1.29 is 35.5 Å². The Labute approximate surface area is 142 Å². The van der Waals surface area contributed by atoms with Crippen molar-refractivity contribution in [2.24, 2.45) is 5.92 Å². The highest BCUT2D eigenvalue weighted by molar-refractivity contribution is 5.92. The quantitative estimate of drug-likeness (QED) is 0.640. The predicted molar refractivity (Wildman–Crippen MR) is 76.0 cm³/mol. The largest absolute Gasteiger partial charge is 0.435 e. The van der Waals surface area contributed by atoms with E-state index in [9.17, 15) is 35.5 Å². The molecule has 0 saturated heterocycles. The minimum Gasteiger partial charge on any atom is -0.321 e. The lowest BCUT2D eigenvalue weighted by molar-refractivity contribution is -0.141. The summed E-state index contributed by atoms with van der Waals surface area (Å²) in [6.07, 6.45) is -4.67. The average Bonchev–Trinajstić information content (AvgIpc) is 2.90. The third kappa shape index (κ3) is 3.97. The van der Waals surface area contributed by atoms with Crippen LogP contribution < -0.4 is 5.32 Å². The SMILES string of the molecule is Cc1cc(C(F)(F)F)nn1CC(C)C(=O)Nc1c(F)c(F)cc(F)c1F. The molecule has 0 saturated carbocycles. The average molecular weight is 383 g/mol. The van der Waals surface area contributed by atoms with Crippen LogP contribution in [0, 0.1) is 36.1 Å². The second-order valence-corrected chi connectivity index (χ2v) is 5.58. The molecule has 1 heterocycles. The monoisotopic (exact) mass is 383 g/mol. The Morgan fingerprint density at radius 1 is 1.15 bits per heavy atom. The summed E-state index contributed by atoms with van der Waals surface area (Å²) in [5, 5.41) is 5.02. The first kappa shape index (κ1) is 19.7. The molecule has 11 heteroatoms. The van der Waals surface area contributed by atoms with Crippen molar-refractivity contribution >= 4 is 11.6 Å². The van der Waals surface area contributed by atoms with Crippen LogP contribution in [0.4, 0.5) is 36.4 Å². The summed E-state index contributed by atoms with van der Waals surface area (Å²) in [5.74, 6) is -9.16. The molecule has 1 atom stereocenters. The summed E-state index contributed by atoms with van der Waals surface area (Å²) in [5.41, 5.74) is -2.37. The zero-order chi connectivity index (χ0) is 19.8. The predicted octanol–water partition coefficient (Wildman–Crippen LogP) is 4.04. The van der Waals surface area contributed by atoms with Crippen LogP contribution in [0.3, 0.4) is 0 Å². The number of anilines is 1. The van der Waals surface area contributed by atoms with Crippen LogP contribution in [0.5, 0.6) is 0 Å². The molecule has 142 valence electrons. The van der Waals surface area contributed by atoms with Crippen LogP contribution in [0.1, 0.15) is 18.3 Å². The van der Waals surface area contributed by atoms with E-state index < -0.39 is 52.7 Å². The lowest BCUT2D eigenvalue weighted by Gasteiger charge is -2.15. The molecule has 0 radical (unpaired) electrons. The third-order valence-corrected chi connectivity index (χ3v) is 3.53. The fraction of sp³-hybridized carbons (Fsp3) is 0.333. The van der Waals surface area contributed by atoms with Gasteiger partial charge in [0.25, 0.3) is 0 Å². The van der Waals surface area contributed by atoms with E-state index in [0.29, 0.717) is 0 Å². The number of alkyl halides is 3. The van der Waals surface area contributed by atoms with Gasteiger partial charge in [-0.1, -0.05) is 6.92 Å². The van der Waals surface area contributed by atoms with Crippen molar-refractivity contribution in [1.82, 2.24) is 9.78 Å². The highest BCUT2D eigenvalue weighted by atomic mass is 19.4. The summed E-state index contributed by atoms with van der Waals surface area (Å²) in [4.78, 5) is 12.0. The van der Waals surface area contributed by atoms with Gasteiger partial charge < -0.3 is 5.32 Å². The maximum atomic E-state index is 13.6. The molecule has 0 aliphatic rings. The van der Waals surface area contributed by atoms with E-state index in [4.69, 9.17) is 0 Å². The lowest BCUT2D eigenvalue weighted by atomic mass is 10.1. The Balaban J connectivity index is 2.18. The number of carbonyl (C=O) groups is 1. The number of rotatable bonds is 4. The van der Waals surface area contributed by atoms with E-state index in [1.165, 1.54) is 13.8 Å². The number of halogens is 7. The van der Waals surface area contributed by atoms with Gasteiger partial charge in [-0.2, -0.15) is 18.3 Å². The van der Waals surface area contributed by atoms with Gasteiger partial charge in [-0.25, -0.2) is 17.6 Å². The second-order valence-electron chi connectivity index (χ2n) is 5.58. The fourth-order valence-corrected chi connectivity index (χ4v) is 2.11. The number of hydrogen-bond donors (Lipinski definition) is 1. The molecule has 26 heavy (non-hydrogen) atoms. The number of hydrogen-bond acceptors (Lipinski definition) is 2. The van der Waals surface area contributed by atoms with Gasteiger partial charge in [0.15, 0.2) is 29.0 Å². The van der Waals surface area contributed by atoms with Gasteiger partial charge in [0, 0.05) is 11.8 Å². The maximum absolute atomic E-state index is 13.6. The van der Waals surface area contributed by atoms with Crippen molar-refractivity contribution in [3.63, 3.8) is 0 Å². The fourth-order valence-electron chi connectivity index (χ4n) is 2.11. The minimum atomic E-state index is -4.67. The molecule has 0 aliphatic heterocycles. The third-order valence-electron chi connectivity index (χ3n) is 3.53. The Hall–Kier alpha value is -2.59. The Morgan fingerprint density at radius 2 is 1.69 bits per heavy atom. The smallest absolute Gasteiger partial charge is 0.321 e. The number of nitrogens with zero attached hydrogens (tertiary/aromatic N) is 2. The first-order chi connectivity index (χ1) is 11.9. The van der Waals surface area contributed by atoms with Gasteiger partial charge in [-0.15, -0.1) is 0 Å². The molecule has 1 aromatic carbocycles. The Bertz CT molecular complexity index is 818. The van der Waals surface area contributed by atoms with Gasteiger partial charge in [0.1, 0.15) is 5.69 Å². The molecule has 1 unspecified atom stereocenters. The first-order valence-electron chi connectivity index (χ1n) is 7.17. The summed E-state index contributed by atoms with van der Waals surface area (Å²) in [7, 11) is 0. The number of aromatic nitrogens is 2. The minimum absolute atomic E-state index is 0.0183. The molecule has 0 fully saturated rings. The normalized spacial score (nSPS) is 13.0. The van der Waals surface area contributed by atoms with Gasteiger partial charge in [0.2, 0.25) is 5.91 Å². The van der Waals surface area contributed by atoms with E-state index in [1.54, 1.807) is 5.32 Å². The molecule has 0 aliphatic carbocycles. The van der Waals surface area contributed by atoms with Crippen molar-refractivity contribution in [2.45, 2.75) is 26.6 Å². The summed E-state index contributed by atoms with van der Waals surface area (Å²) < 4.78 is 92.1. The molecule has 1 N–H and O–H groups in total. The van der Waals surface area contributed by atoms with Gasteiger partial charge >= 0.3 is 6.18 Å². The number of aryl methyl sites for hydroxylation is 1. The molecule has 1 aromatic heterocycles. The number of nitrogens with one attached hydrogen (secondary N) is 1. The van der Waals surface area contributed by atoms with Crippen molar-refractivity contribution in [2.75, 3.05) is 5.32 Å². The number of benzene rings is 1. The molecular formula is C15H12F7N3O. The topological polar surface area (TPSA) is 46.9 Å². The van der Waals surface area contributed by atoms with Gasteiger partial charge in [0.05, 0.1) is 12.5 Å². The molecule has 4 nitrogen and oxygen atoms in total. The van der Waals surface area contributed by atoms with Crippen LogP contribution in [0.15, 0.2) is 12.1 Å².